The highest BCUT2D eigenvalue weighted by molar-refractivity contribution is 9.10. The number of carbonyl (C=O) groups is 1. The van der Waals surface area contributed by atoms with E-state index in [0.29, 0.717) is 10.9 Å². The van der Waals surface area contributed by atoms with Crippen LogP contribution in [0.5, 0.6) is 0 Å². The summed E-state index contributed by atoms with van der Waals surface area (Å²) in [5.41, 5.74) is -0.232. The van der Waals surface area contributed by atoms with Crippen LogP contribution >= 0.6 is 15.9 Å². The Labute approximate surface area is 109 Å². The molecule has 0 aliphatic heterocycles. The summed E-state index contributed by atoms with van der Waals surface area (Å²) in [4.78, 5) is 11.9. The lowest BCUT2D eigenvalue weighted by Gasteiger charge is -2.22. The Morgan fingerprint density at radius 3 is 2.71 bits per heavy atom. The molecule has 0 aliphatic rings. The van der Waals surface area contributed by atoms with Crippen LogP contribution in [-0.4, -0.2) is 18.5 Å². The molecule has 0 saturated heterocycles. The SMILES string of the molecule is COC(C)(C)CCC(=O)c1cccc(Br)c1F. The van der Waals surface area contributed by atoms with Gasteiger partial charge in [-0.15, -0.1) is 0 Å². The Balaban J connectivity index is 2.74. The van der Waals surface area contributed by atoms with Gasteiger partial charge in [0.05, 0.1) is 15.6 Å². The molecule has 0 radical (unpaired) electrons. The van der Waals surface area contributed by atoms with Gasteiger partial charge in [-0.3, -0.25) is 4.79 Å². The van der Waals surface area contributed by atoms with Gasteiger partial charge in [-0.2, -0.15) is 0 Å². The van der Waals surface area contributed by atoms with Gasteiger partial charge < -0.3 is 4.74 Å². The molecule has 0 bridgehead atoms. The van der Waals surface area contributed by atoms with Crippen LogP contribution in [0.1, 0.15) is 37.0 Å². The maximum absolute atomic E-state index is 13.7. The molecule has 0 atom stereocenters. The first kappa shape index (κ1) is 14.3. The Hall–Kier alpha value is -0.740. The van der Waals surface area contributed by atoms with Gasteiger partial charge in [-0.1, -0.05) is 6.07 Å². The van der Waals surface area contributed by atoms with E-state index in [9.17, 15) is 9.18 Å². The van der Waals surface area contributed by atoms with Gasteiger partial charge in [0.25, 0.3) is 0 Å². The highest BCUT2D eigenvalue weighted by Crippen LogP contribution is 2.22. The summed E-state index contributed by atoms with van der Waals surface area (Å²) in [5, 5.41) is 0. The lowest BCUT2D eigenvalue weighted by molar-refractivity contribution is 0.0141. The molecule has 0 unspecified atom stereocenters. The largest absolute Gasteiger partial charge is 0.379 e. The third kappa shape index (κ3) is 3.89. The number of ether oxygens (including phenoxy) is 1. The van der Waals surface area contributed by atoms with Crippen molar-refractivity contribution in [1.82, 2.24) is 0 Å². The number of ketones is 1. The molecule has 0 N–H and O–H groups in total. The van der Waals surface area contributed by atoms with Crippen LogP contribution in [-0.2, 0) is 4.74 Å². The molecule has 17 heavy (non-hydrogen) atoms. The molecule has 0 amide bonds. The van der Waals surface area contributed by atoms with Crippen LogP contribution in [0, 0.1) is 5.82 Å². The average molecular weight is 303 g/mol. The maximum Gasteiger partial charge on any atom is 0.165 e. The molecule has 2 nitrogen and oxygen atoms in total. The topological polar surface area (TPSA) is 26.3 Å². The van der Waals surface area contributed by atoms with Gasteiger partial charge in [0.2, 0.25) is 0 Å². The first-order valence-corrected chi connectivity index (χ1v) is 6.19. The summed E-state index contributed by atoms with van der Waals surface area (Å²) in [7, 11) is 1.60. The molecule has 4 heteroatoms. The van der Waals surface area contributed by atoms with Crippen molar-refractivity contribution in [2.75, 3.05) is 7.11 Å². The summed E-state index contributed by atoms with van der Waals surface area (Å²) in [6.07, 6.45) is 0.836. The van der Waals surface area contributed by atoms with Gasteiger partial charge in [0.15, 0.2) is 5.78 Å². The smallest absolute Gasteiger partial charge is 0.165 e. The van der Waals surface area contributed by atoms with Crippen molar-refractivity contribution in [1.29, 1.82) is 0 Å². The third-order valence-corrected chi connectivity index (χ3v) is 3.37. The molecule has 0 fully saturated rings. The minimum atomic E-state index is -0.493. The fourth-order valence-corrected chi connectivity index (χ4v) is 1.74. The summed E-state index contributed by atoms with van der Waals surface area (Å²) in [6.45, 7) is 3.80. The van der Waals surface area contributed by atoms with E-state index in [0.717, 1.165) is 0 Å². The highest BCUT2D eigenvalue weighted by Gasteiger charge is 2.20. The molecule has 1 rings (SSSR count). The summed E-state index contributed by atoms with van der Waals surface area (Å²) < 4.78 is 19.2. The van der Waals surface area contributed by atoms with Crippen molar-refractivity contribution in [3.05, 3.63) is 34.1 Å². The highest BCUT2D eigenvalue weighted by atomic mass is 79.9. The minimum Gasteiger partial charge on any atom is -0.379 e. The van der Waals surface area contributed by atoms with Crippen LogP contribution in [0.25, 0.3) is 0 Å². The number of methoxy groups -OCH3 is 1. The first-order valence-electron chi connectivity index (χ1n) is 5.40. The predicted octanol–water partition coefficient (Wildman–Crippen LogP) is 3.98. The van der Waals surface area contributed by atoms with Crippen molar-refractivity contribution >= 4 is 21.7 Å². The van der Waals surface area contributed by atoms with Crippen molar-refractivity contribution in [2.45, 2.75) is 32.3 Å². The lowest BCUT2D eigenvalue weighted by Crippen LogP contribution is -2.23. The standard InChI is InChI=1S/C13H16BrFO2/c1-13(2,17-3)8-7-11(16)9-5-4-6-10(14)12(9)15/h4-6H,7-8H2,1-3H3. The average Bonchev–Trinajstić information content (AvgIpc) is 2.30. The van der Waals surface area contributed by atoms with Gasteiger partial charge in [0, 0.05) is 13.5 Å². The van der Waals surface area contributed by atoms with E-state index in [1.165, 1.54) is 6.07 Å². The minimum absolute atomic E-state index is 0.131. The molecule has 0 aromatic heterocycles. The zero-order valence-electron chi connectivity index (χ0n) is 10.2. The number of hydrogen-bond donors (Lipinski definition) is 0. The van der Waals surface area contributed by atoms with Crippen molar-refractivity contribution in [2.24, 2.45) is 0 Å². The summed E-state index contributed by atoms with van der Waals surface area (Å²) in [5.74, 6) is -0.693. The van der Waals surface area contributed by atoms with Crippen LogP contribution in [0.3, 0.4) is 0 Å². The molecule has 0 heterocycles. The van der Waals surface area contributed by atoms with Gasteiger partial charge in [-0.05, 0) is 48.3 Å². The summed E-state index contributed by atoms with van der Waals surface area (Å²) >= 11 is 3.07. The first-order chi connectivity index (χ1) is 7.87. The molecule has 0 saturated carbocycles. The van der Waals surface area contributed by atoms with Gasteiger partial charge in [-0.25, -0.2) is 4.39 Å². The zero-order valence-corrected chi connectivity index (χ0v) is 11.8. The van der Waals surface area contributed by atoms with Crippen LogP contribution in [0.15, 0.2) is 22.7 Å². The molecule has 0 spiro atoms. The summed E-state index contributed by atoms with van der Waals surface area (Å²) in [6, 6.07) is 4.73. The van der Waals surface area contributed by atoms with Crippen LogP contribution in [0.2, 0.25) is 0 Å². The fraction of sp³-hybridized carbons (Fsp3) is 0.462. The van der Waals surface area contributed by atoms with E-state index in [-0.39, 0.29) is 23.4 Å². The second-order valence-electron chi connectivity index (χ2n) is 4.49. The molecule has 1 aromatic carbocycles. The second-order valence-corrected chi connectivity index (χ2v) is 5.34. The molecular weight excluding hydrogens is 287 g/mol. The van der Waals surface area contributed by atoms with E-state index in [1.54, 1.807) is 19.2 Å². The number of hydrogen-bond acceptors (Lipinski definition) is 2. The van der Waals surface area contributed by atoms with Gasteiger partial charge in [0.1, 0.15) is 5.82 Å². The Kier molecular flexibility index (Phi) is 4.83. The molecule has 94 valence electrons. The number of Topliss-reactive ketones (excluding diaryl/α,β-unsaturated/α-hetero) is 1. The Morgan fingerprint density at radius 1 is 1.47 bits per heavy atom. The monoisotopic (exact) mass is 302 g/mol. The van der Waals surface area contributed by atoms with E-state index >= 15 is 0 Å². The number of benzene rings is 1. The Bertz CT molecular complexity index is 416. The number of rotatable bonds is 5. The van der Waals surface area contributed by atoms with Crippen molar-refractivity contribution in [3.63, 3.8) is 0 Å². The zero-order chi connectivity index (χ0) is 13.1. The molecule has 0 aliphatic carbocycles. The van der Waals surface area contributed by atoms with Crippen molar-refractivity contribution in [3.8, 4) is 0 Å². The van der Waals surface area contributed by atoms with Crippen molar-refractivity contribution < 1.29 is 13.9 Å². The number of carbonyl (C=O) groups excluding carboxylic acids is 1. The van der Waals surface area contributed by atoms with Crippen LogP contribution in [0.4, 0.5) is 4.39 Å². The van der Waals surface area contributed by atoms with E-state index in [1.807, 2.05) is 13.8 Å². The quantitative estimate of drug-likeness (QED) is 0.769. The van der Waals surface area contributed by atoms with Crippen LogP contribution < -0.4 is 0 Å². The lowest BCUT2D eigenvalue weighted by atomic mass is 9.97. The van der Waals surface area contributed by atoms with E-state index < -0.39 is 5.82 Å². The fourth-order valence-electron chi connectivity index (χ4n) is 1.37. The normalized spacial score (nSPS) is 11.6. The second kappa shape index (κ2) is 5.74. The third-order valence-electron chi connectivity index (χ3n) is 2.76. The number of halogens is 2. The predicted molar refractivity (Wildman–Crippen MR) is 68.8 cm³/mol. The maximum atomic E-state index is 13.7. The van der Waals surface area contributed by atoms with E-state index in [2.05, 4.69) is 15.9 Å². The van der Waals surface area contributed by atoms with Gasteiger partial charge >= 0.3 is 0 Å². The molecule has 1 aromatic rings. The van der Waals surface area contributed by atoms with E-state index in [4.69, 9.17) is 4.74 Å². The molecular formula is C13H16BrFO2. The Morgan fingerprint density at radius 2 is 2.12 bits per heavy atom.